The maximum atomic E-state index is 11.6. The van der Waals surface area contributed by atoms with Crippen LogP contribution in [0.3, 0.4) is 0 Å². The molecule has 0 amide bonds. The van der Waals surface area contributed by atoms with Crippen LogP contribution < -0.4 is 0 Å². The molecule has 0 aromatic carbocycles. The molecule has 0 aliphatic heterocycles. The average Bonchev–Trinajstić information content (AvgIpc) is 2.45. The van der Waals surface area contributed by atoms with Gasteiger partial charge in [-0.05, 0) is 0 Å². The minimum absolute atomic E-state index is 0.252. The second-order valence-electron chi connectivity index (χ2n) is 4.28. The Hall–Kier alpha value is -0.770. The monoisotopic (exact) mass is 212 g/mol. The number of aromatic nitrogens is 2. The molecule has 14 heavy (non-hydrogen) atoms. The number of hydrogen-bond donors (Lipinski definition) is 0. The second kappa shape index (κ2) is 4.17. The normalized spacial score (nSPS) is 11.7. The molecule has 0 fully saturated rings. The standard InChI is InChI=1S/C10H16N2OS/c1-10(2,3)8(13)7-14-9-11-5-6-12(9)4/h5-6H,7H2,1-4H3. The lowest BCUT2D eigenvalue weighted by Gasteiger charge is -2.15. The molecule has 4 heteroatoms. The maximum absolute atomic E-state index is 11.6. The van der Waals surface area contributed by atoms with E-state index in [0.717, 1.165) is 5.16 Å². The number of thioether (sulfide) groups is 1. The summed E-state index contributed by atoms with van der Waals surface area (Å²) in [5, 5.41) is 0.891. The maximum Gasteiger partial charge on any atom is 0.168 e. The zero-order chi connectivity index (χ0) is 10.8. The van der Waals surface area contributed by atoms with Crippen molar-refractivity contribution in [3.8, 4) is 0 Å². The van der Waals surface area contributed by atoms with E-state index >= 15 is 0 Å². The van der Waals surface area contributed by atoms with Crippen molar-refractivity contribution in [2.45, 2.75) is 25.9 Å². The third-order valence-electron chi connectivity index (χ3n) is 1.95. The molecule has 0 unspecified atom stereocenters. The minimum Gasteiger partial charge on any atom is -0.329 e. The Labute approximate surface area is 88.9 Å². The van der Waals surface area contributed by atoms with Gasteiger partial charge in [0.1, 0.15) is 5.78 Å². The zero-order valence-corrected chi connectivity index (χ0v) is 9.89. The number of carbonyl (C=O) groups excluding carboxylic acids is 1. The number of aryl methyl sites for hydroxylation is 1. The number of nitrogens with zero attached hydrogens (tertiary/aromatic N) is 2. The molecule has 1 rings (SSSR count). The van der Waals surface area contributed by atoms with Gasteiger partial charge in [-0.3, -0.25) is 4.79 Å². The van der Waals surface area contributed by atoms with Crippen molar-refractivity contribution in [1.29, 1.82) is 0 Å². The predicted molar refractivity (Wildman–Crippen MR) is 58.4 cm³/mol. The molecular formula is C10H16N2OS. The fraction of sp³-hybridized carbons (Fsp3) is 0.600. The van der Waals surface area contributed by atoms with Crippen molar-refractivity contribution >= 4 is 17.5 Å². The molecule has 0 saturated carbocycles. The first kappa shape index (κ1) is 11.3. The predicted octanol–water partition coefficient (Wildman–Crippen LogP) is 2.13. The summed E-state index contributed by atoms with van der Waals surface area (Å²) in [6.45, 7) is 5.82. The third-order valence-corrected chi connectivity index (χ3v) is 3.00. The first-order valence-electron chi connectivity index (χ1n) is 4.54. The van der Waals surface area contributed by atoms with Crippen LogP contribution in [-0.4, -0.2) is 21.1 Å². The molecule has 0 radical (unpaired) electrons. The van der Waals surface area contributed by atoms with Crippen LogP contribution in [0.4, 0.5) is 0 Å². The Balaban J connectivity index is 2.50. The molecule has 1 aromatic rings. The largest absolute Gasteiger partial charge is 0.329 e. The van der Waals surface area contributed by atoms with Crippen LogP contribution in [0.2, 0.25) is 0 Å². The molecule has 78 valence electrons. The molecule has 3 nitrogen and oxygen atoms in total. The van der Waals surface area contributed by atoms with Crippen molar-refractivity contribution in [2.24, 2.45) is 12.5 Å². The molecule has 0 N–H and O–H groups in total. The van der Waals surface area contributed by atoms with Gasteiger partial charge in [0.2, 0.25) is 0 Å². The first-order valence-corrected chi connectivity index (χ1v) is 5.53. The highest BCUT2D eigenvalue weighted by Gasteiger charge is 2.21. The number of rotatable bonds is 3. The topological polar surface area (TPSA) is 34.9 Å². The molecule has 0 aliphatic carbocycles. The van der Waals surface area contributed by atoms with Crippen LogP contribution >= 0.6 is 11.8 Å². The van der Waals surface area contributed by atoms with Gasteiger partial charge < -0.3 is 4.57 Å². The van der Waals surface area contributed by atoms with E-state index < -0.39 is 0 Å². The number of ketones is 1. The molecule has 0 atom stereocenters. The van der Waals surface area contributed by atoms with Crippen LogP contribution in [0.5, 0.6) is 0 Å². The van der Waals surface area contributed by atoms with Crippen LogP contribution in [0.15, 0.2) is 17.6 Å². The summed E-state index contributed by atoms with van der Waals surface area (Å²) in [5.74, 6) is 0.749. The summed E-state index contributed by atoms with van der Waals surface area (Å²) in [6.07, 6.45) is 3.62. The average molecular weight is 212 g/mol. The fourth-order valence-electron chi connectivity index (χ4n) is 0.838. The van der Waals surface area contributed by atoms with Crippen molar-refractivity contribution in [3.63, 3.8) is 0 Å². The SMILES string of the molecule is Cn1ccnc1SCC(=O)C(C)(C)C. The molecule has 0 spiro atoms. The summed E-state index contributed by atoms with van der Waals surface area (Å²) >= 11 is 1.49. The van der Waals surface area contributed by atoms with Gasteiger partial charge in [-0.25, -0.2) is 4.98 Å². The van der Waals surface area contributed by atoms with E-state index in [1.54, 1.807) is 6.20 Å². The molecule has 0 saturated heterocycles. The van der Waals surface area contributed by atoms with Crippen LogP contribution in [0.1, 0.15) is 20.8 Å². The van der Waals surface area contributed by atoms with E-state index in [1.165, 1.54) is 11.8 Å². The molecule has 0 bridgehead atoms. The zero-order valence-electron chi connectivity index (χ0n) is 9.07. The van der Waals surface area contributed by atoms with Gasteiger partial charge in [-0.1, -0.05) is 32.5 Å². The highest BCUT2D eigenvalue weighted by Crippen LogP contribution is 2.21. The first-order chi connectivity index (χ1) is 6.41. The van der Waals surface area contributed by atoms with E-state index in [1.807, 2.05) is 38.6 Å². The Morgan fingerprint density at radius 3 is 2.64 bits per heavy atom. The highest BCUT2D eigenvalue weighted by atomic mass is 32.2. The molecular weight excluding hydrogens is 196 g/mol. The van der Waals surface area contributed by atoms with Crippen molar-refractivity contribution in [1.82, 2.24) is 9.55 Å². The van der Waals surface area contributed by atoms with E-state index in [4.69, 9.17) is 0 Å². The van der Waals surface area contributed by atoms with Gasteiger partial charge in [0, 0.05) is 24.9 Å². The van der Waals surface area contributed by atoms with Crippen LogP contribution in [0, 0.1) is 5.41 Å². The minimum atomic E-state index is -0.252. The van der Waals surface area contributed by atoms with Crippen molar-refractivity contribution in [2.75, 3.05) is 5.75 Å². The Morgan fingerprint density at radius 1 is 1.57 bits per heavy atom. The van der Waals surface area contributed by atoms with E-state index in [0.29, 0.717) is 5.75 Å². The number of imidazole rings is 1. The van der Waals surface area contributed by atoms with Gasteiger partial charge in [0.05, 0.1) is 5.75 Å². The summed E-state index contributed by atoms with van der Waals surface area (Å²) in [4.78, 5) is 15.8. The Kier molecular flexibility index (Phi) is 3.37. The molecule has 0 aliphatic rings. The number of hydrogen-bond acceptors (Lipinski definition) is 3. The summed E-state index contributed by atoms with van der Waals surface area (Å²) < 4.78 is 1.92. The van der Waals surface area contributed by atoms with Gasteiger partial charge in [-0.2, -0.15) is 0 Å². The smallest absolute Gasteiger partial charge is 0.168 e. The van der Waals surface area contributed by atoms with Gasteiger partial charge >= 0.3 is 0 Å². The van der Waals surface area contributed by atoms with E-state index in [-0.39, 0.29) is 11.2 Å². The lowest BCUT2D eigenvalue weighted by Crippen LogP contribution is -2.22. The van der Waals surface area contributed by atoms with Crippen molar-refractivity contribution in [3.05, 3.63) is 12.4 Å². The van der Waals surface area contributed by atoms with E-state index in [2.05, 4.69) is 4.98 Å². The fourth-order valence-corrected chi connectivity index (χ4v) is 1.93. The molecule has 1 heterocycles. The highest BCUT2D eigenvalue weighted by molar-refractivity contribution is 7.99. The Morgan fingerprint density at radius 2 is 2.21 bits per heavy atom. The lowest BCUT2D eigenvalue weighted by atomic mass is 9.92. The third kappa shape index (κ3) is 2.87. The summed E-state index contributed by atoms with van der Waals surface area (Å²) in [6, 6.07) is 0. The lowest BCUT2D eigenvalue weighted by molar-refractivity contribution is -0.123. The van der Waals surface area contributed by atoms with Gasteiger partial charge in [-0.15, -0.1) is 0 Å². The summed E-state index contributed by atoms with van der Waals surface area (Å²) in [5.41, 5.74) is -0.252. The quantitative estimate of drug-likeness (QED) is 0.720. The second-order valence-corrected chi connectivity index (χ2v) is 5.23. The van der Waals surface area contributed by atoms with Crippen LogP contribution in [-0.2, 0) is 11.8 Å². The number of Topliss-reactive ketones (excluding diaryl/α,β-unsaturated/α-hetero) is 1. The van der Waals surface area contributed by atoms with Crippen molar-refractivity contribution < 1.29 is 4.79 Å². The van der Waals surface area contributed by atoms with Gasteiger partial charge in [0.15, 0.2) is 5.16 Å². The number of carbonyl (C=O) groups is 1. The summed E-state index contributed by atoms with van der Waals surface area (Å²) in [7, 11) is 1.93. The van der Waals surface area contributed by atoms with Gasteiger partial charge in [0.25, 0.3) is 0 Å². The molecule has 1 aromatic heterocycles. The van der Waals surface area contributed by atoms with Crippen LogP contribution in [0.25, 0.3) is 0 Å². The van der Waals surface area contributed by atoms with E-state index in [9.17, 15) is 4.79 Å². The Bertz CT molecular complexity index is 325.